The molecule has 7 nitrogen and oxygen atoms in total. The van der Waals surface area contributed by atoms with Crippen molar-refractivity contribution in [2.45, 2.75) is 39.0 Å². The lowest BCUT2D eigenvalue weighted by Crippen LogP contribution is -2.31. The Balaban J connectivity index is 1.25. The maximum absolute atomic E-state index is 15.4. The van der Waals surface area contributed by atoms with Crippen LogP contribution in [0.2, 0.25) is 0 Å². The number of fused-ring (bicyclic) bond motifs is 1. The minimum Gasteiger partial charge on any atom is -0.478 e. The van der Waals surface area contributed by atoms with Gasteiger partial charge in [0.1, 0.15) is 29.9 Å². The molecular formula is C32H25F4N3O4. The third-order valence-corrected chi connectivity index (χ3v) is 7.43. The van der Waals surface area contributed by atoms with E-state index >= 15 is 4.39 Å². The van der Waals surface area contributed by atoms with Gasteiger partial charge < -0.3 is 19.1 Å². The van der Waals surface area contributed by atoms with Crippen LogP contribution in [0, 0.1) is 30.2 Å². The van der Waals surface area contributed by atoms with Crippen LogP contribution in [0.4, 0.5) is 17.6 Å². The lowest BCUT2D eigenvalue weighted by molar-refractivity contribution is -0.0589. The molecule has 1 saturated heterocycles. The van der Waals surface area contributed by atoms with Crippen molar-refractivity contribution in [2.75, 3.05) is 6.61 Å². The first kappa shape index (κ1) is 28.4. The second-order valence-electron chi connectivity index (χ2n) is 10.4. The molecule has 1 aliphatic heterocycles. The van der Waals surface area contributed by atoms with Crippen LogP contribution in [0.3, 0.4) is 0 Å². The summed E-state index contributed by atoms with van der Waals surface area (Å²) in [5.74, 6) is -3.69. The Labute approximate surface area is 243 Å². The molecule has 6 rings (SSSR count). The summed E-state index contributed by atoms with van der Waals surface area (Å²) in [5, 5.41) is 9.45. The summed E-state index contributed by atoms with van der Waals surface area (Å²) in [7, 11) is 0. The zero-order chi connectivity index (χ0) is 30.2. The van der Waals surface area contributed by atoms with E-state index in [1.54, 1.807) is 18.2 Å². The highest BCUT2D eigenvalue weighted by molar-refractivity contribution is 5.92. The van der Waals surface area contributed by atoms with Crippen molar-refractivity contribution in [3.8, 4) is 17.1 Å². The van der Waals surface area contributed by atoms with Crippen LogP contribution in [0.25, 0.3) is 22.3 Å². The fraction of sp³-hybridized carbons (Fsp3) is 0.219. The monoisotopic (exact) mass is 591 g/mol. The van der Waals surface area contributed by atoms with Gasteiger partial charge in [-0.1, -0.05) is 6.07 Å². The van der Waals surface area contributed by atoms with Gasteiger partial charge in [0.05, 0.1) is 34.9 Å². The first-order valence-corrected chi connectivity index (χ1v) is 13.5. The molecule has 0 spiro atoms. The van der Waals surface area contributed by atoms with Gasteiger partial charge in [-0.15, -0.1) is 0 Å². The number of rotatable bonds is 9. The number of carboxylic acid groups (broad SMARTS) is 1. The minimum atomic E-state index is -1.05. The van der Waals surface area contributed by atoms with E-state index in [2.05, 4.69) is 9.97 Å². The zero-order valence-corrected chi connectivity index (χ0v) is 22.9. The van der Waals surface area contributed by atoms with Crippen LogP contribution < -0.4 is 4.74 Å². The minimum absolute atomic E-state index is 0.0220. The van der Waals surface area contributed by atoms with Crippen molar-refractivity contribution in [2.24, 2.45) is 0 Å². The number of hydrogen-bond acceptors (Lipinski definition) is 5. The Kier molecular flexibility index (Phi) is 7.57. The summed E-state index contributed by atoms with van der Waals surface area (Å²) in [6.07, 6.45) is 1.10. The van der Waals surface area contributed by atoms with Crippen molar-refractivity contribution in [3.05, 3.63) is 112 Å². The molecule has 0 radical (unpaired) electrons. The second kappa shape index (κ2) is 11.5. The Bertz CT molecular complexity index is 1870. The van der Waals surface area contributed by atoms with E-state index in [-0.39, 0.29) is 40.5 Å². The van der Waals surface area contributed by atoms with E-state index < -0.39 is 41.7 Å². The van der Waals surface area contributed by atoms with Gasteiger partial charge in [0.25, 0.3) is 5.88 Å². The average Bonchev–Trinajstić information content (AvgIpc) is 3.28. The number of imidazole rings is 1. The predicted molar refractivity (Wildman–Crippen MR) is 149 cm³/mol. The van der Waals surface area contributed by atoms with Crippen LogP contribution in [-0.2, 0) is 24.3 Å². The van der Waals surface area contributed by atoms with Crippen LogP contribution in [-0.4, -0.2) is 38.3 Å². The summed E-state index contributed by atoms with van der Waals surface area (Å²) in [6, 6.07) is 13.6. The fourth-order valence-electron chi connectivity index (χ4n) is 4.95. The van der Waals surface area contributed by atoms with E-state index in [1.807, 2.05) is 4.57 Å². The molecule has 0 amide bonds. The molecule has 5 aromatic rings. The summed E-state index contributed by atoms with van der Waals surface area (Å²) in [4.78, 5) is 20.3. The first-order valence-electron chi connectivity index (χ1n) is 13.5. The molecular weight excluding hydrogens is 566 g/mol. The number of halogens is 4. The summed E-state index contributed by atoms with van der Waals surface area (Å²) >= 11 is 0. The average molecular weight is 592 g/mol. The van der Waals surface area contributed by atoms with Gasteiger partial charge in [0.2, 0.25) is 0 Å². The molecule has 0 bridgehead atoms. The molecule has 1 N–H and O–H groups in total. The molecule has 43 heavy (non-hydrogen) atoms. The number of carboxylic acids is 1. The van der Waals surface area contributed by atoms with Crippen molar-refractivity contribution in [1.29, 1.82) is 0 Å². The molecule has 1 aliphatic rings. The largest absolute Gasteiger partial charge is 0.478 e. The molecule has 1 fully saturated rings. The molecule has 2 aromatic heterocycles. The third-order valence-electron chi connectivity index (χ3n) is 7.43. The number of benzene rings is 3. The second-order valence-corrected chi connectivity index (χ2v) is 10.4. The van der Waals surface area contributed by atoms with Crippen LogP contribution >= 0.6 is 0 Å². The number of hydrogen-bond donors (Lipinski definition) is 1. The van der Waals surface area contributed by atoms with Gasteiger partial charge in [-0.2, -0.15) is 0 Å². The summed E-state index contributed by atoms with van der Waals surface area (Å²) in [5.41, 5.74) is 2.20. The smallest absolute Gasteiger partial charge is 0.335 e. The lowest BCUT2D eigenvalue weighted by Gasteiger charge is -2.27. The fourth-order valence-corrected chi connectivity index (χ4v) is 4.95. The van der Waals surface area contributed by atoms with Gasteiger partial charge >= 0.3 is 5.97 Å². The number of aromatic carboxylic acids is 1. The molecule has 1 atom stereocenters. The van der Waals surface area contributed by atoms with E-state index in [0.29, 0.717) is 35.6 Å². The van der Waals surface area contributed by atoms with Crippen molar-refractivity contribution in [3.63, 3.8) is 0 Å². The van der Waals surface area contributed by atoms with Crippen LogP contribution in [0.5, 0.6) is 5.88 Å². The SMILES string of the molecule is Cc1cc(F)c(COc2nc(-c3ccc(Cc4nc5ccc(C(=O)O)cc5n4C[C@@H]4CCO4)cc3F)ccc2F)cc1F. The highest BCUT2D eigenvalue weighted by Crippen LogP contribution is 2.29. The molecule has 0 saturated carbocycles. The van der Waals surface area contributed by atoms with Gasteiger partial charge in [-0.25, -0.2) is 32.3 Å². The predicted octanol–water partition coefficient (Wildman–Crippen LogP) is 6.62. The molecule has 0 aliphatic carbocycles. The number of aromatic nitrogens is 3. The molecule has 3 aromatic carbocycles. The molecule has 11 heteroatoms. The topological polar surface area (TPSA) is 86.5 Å². The number of nitrogens with zero attached hydrogens (tertiary/aromatic N) is 3. The normalized spacial score (nSPS) is 14.6. The maximum atomic E-state index is 15.4. The van der Waals surface area contributed by atoms with E-state index in [4.69, 9.17) is 9.47 Å². The quantitative estimate of drug-likeness (QED) is 0.194. The number of pyridine rings is 1. The maximum Gasteiger partial charge on any atom is 0.335 e. The summed E-state index contributed by atoms with van der Waals surface area (Å²) < 4.78 is 70.8. The van der Waals surface area contributed by atoms with Crippen molar-refractivity contribution >= 4 is 17.0 Å². The standard InChI is InChI=1S/C32H25F4N3O4/c1-17-10-25(35)20(13-24(17)34)16-43-31-23(33)5-7-27(38-31)22-4-2-18(11-26(22)36)12-30-37-28-6-3-19(32(40)41)14-29(28)39(30)15-21-8-9-42-21/h2-7,10-11,13-14,21H,8-9,12,15-16H2,1H3,(H,40,41)/t21-/m0/s1. The highest BCUT2D eigenvalue weighted by atomic mass is 19.1. The van der Waals surface area contributed by atoms with Gasteiger partial charge in [0.15, 0.2) is 5.82 Å². The zero-order valence-electron chi connectivity index (χ0n) is 22.9. The van der Waals surface area contributed by atoms with Crippen molar-refractivity contribution < 1.29 is 36.9 Å². The third kappa shape index (κ3) is 5.80. The van der Waals surface area contributed by atoms with E-state index in [0.717, 1.165) is 24.6 Å². The first-order chi connectivity index (χ1) is 20.7. The van der Waals surface area contributed by atoms with Gasteiger partial charge in [0, 0.05) is 24.2 Å². The van der Waals surface area contributed by atoms with E-state index in [1.165, 1.54) is 31.2 Å². The molecule has 3 heterocycles. The molecule has 220 valence electrons. The highest BCUT2D eigenvalue weighted by Gasteiger charge is 2.23. The van der Waals surface area contributed by atoms with Crippen molar-refractivity contribution in [1.82, 2.24) is 14.5 Å². The van der Waals surface area contributed by atoms with Gasteiger partial charge in [-0.3, -0.25) is 0 Å². The van der Waals surface area contributed by atoms with Gasteiger partial charge in [-0.05, 0) is 79.1 Å². The Morgan fingerprint density at radius 2 is 1.79 bits per heavy atom. The van der Waals surface area contributed by atoms with Crippen LogP contribution in [0.1, 0.15) is 39.3 Å². The molecule has 0 unspecified atom stereocenters. The number of aryl methyl sites for hydroxylation is 1. The summed E-state index contributed by atoms with van der Waals surface area (Å²) in [6.45, 7) is 2.09. The number of carbonyl (C=O) groups is 1. The van der Waals surface area contributed by atoms with E-state index in [9.17, 15) is 23.1 Å². The Morgan fingerprint density at radius 3 is 2.51 bits per heavy atom. The lowest BCUT2D eigenvalue weighted by atomic mass is 10.0. The Hall–Kier alpha value is -4.77. The number of ether oxygens (including phenoxy) is 2. The Morgan fingerprint density at radius 1 is 0.977 bits per heavy atom. The van der Waals surface area contributed by atoms with Crippen LogP contribution in [0.15, 0.2) is 60.7 Å².